The lowest BCUT2D eigenvalue weighted by Crippen LogP contribution is -2.27. The van der Waals surface area contributed by atoms with Gasteiger partial charge in [-0.3, -0.25) is 0 Å². The van der Waals surface area contributed by atoms with Crippen molar-refractivity contribution in [3.63, 3.8) is 0 Å². The molecule has 0 bridgehead atoms. The van der Waals surface area contributed by atoms with Gasteiger partial charge in [0.05, 0.1) is 13.2 Å². The summed E-state index contributed by atoms with van der Waals surface area (Å²) in [7, 11) is 0. The summed E-state index contributed by atoms with van der Waals surface area (Å²) >= 11 is 0. The van der Waals surface area contributed by atoms with Crippen LogP contribution < -0.4 is 10.1 Å². The molecule has 2 rings (SSSR count). The van der Waals surface area contributed by atoms with Crippen LogP contribution in [0.25, 0.3) is 0 Å². The molecule has 1 aliphatic heterocycles. The van der Waals surface area contributed by atoms with Gasteiger partial charge in [0.2, 0.25) is 0 Å². The van der Waals surface area contributed by atoms with Crippen LogP contribution in [0.3, 0.4) is 0 Å². The van der Waals surface area contributed by atoms with Crippen molar-refractivity contribution < 1.29 is 9.47 Å². The maximum absolute atomic E-state index is 5.97. The smallest absolute Gasteiger partial charge is 0.119 e. The lowest BCUT2D eigenvalue weighted by molar-refractivity contribution is 0.0255. The third kappa shape index (κ3) is 4.84. The van der Waals surface area contributed by atoms with Crippen molar-refractivity contribution in [2.75, 3.05) is 19.8 Å². The van der Waals surface area contributed by atoms with Gasteiger partial charge in [-0.2, -0.15) is 0 Å². The Labute approximate surface area is 116 Å². The number of hydrogen-bond acceptors (Lipinski definition) is 3. The van der Waals surface area contributed by atoms with E-state index >= 15 is 0 Å². The molecular formula is C16H25NO2. The van der Waals surface area contributed by atoms with E-state index in [1.54, 1.807) is 0 Å². The first-order valence-corrected chi connectivity index (χ1v) is 7.34. The third-order valence-corrected chi connectivity index (χ3v) is 3.49. The molecule has 0 aromatic heterocycles. The Bertz CT molecular complexity index is 358. The second kappa shape index (κ2) is 7.51. The maximum Gasteiger partial charge on any atom is 0.119 e. The predicted octanol–water partition coefficient (Wildman–Crippen LogP) is 2.78. The molecule has 3 heteroatoms. The Morgan fingerprint density at radius 2 is 1.95 bits per heavy atom. The summed E-state index contributed by atoms with van der Waals surface area (Å²) in [5, 5.41) is 3.43. The zero-order valence-electron chi connectivity index (χ0n) is 12.0. The number of likely N-dealkylation sites (N-methyl/N-ethyl adjacent to an activating group) is 1. The van der Waals surface area contributed by atoms with Crippen LogP contribution in [-0.4, -0.2) is 31.9 Å². The van der Waals surface area contributed by atoms with Crippen LogP contribution in [0, 0.1) is 0 Å². The fourth-order valence-corrected chi connectivity index (χ4v) is 2.46. The molecule has 1 aromatic rings. The number of ether oxygens (including phenoxy) is 2. The van der Waals surface area contributed by atoms with E-state index in [1.807, 2.05) is 0 Å². The zero-order valence-corrected chi connectivity index (χ0v) is 12.0. The van der Waals surface area contributed by atoms with E-state index in [9.17, 15) is 0 Å². The van der Waals surface area contributed by atoms with Crippen LogP contribution in [0.5, 0.6) is 5.75 Å². The van der Waals surface area contributed by atoms with Gasteiger partial charge in [-0.1, -0.05) is 19.1 Å². The normalized spacial score (nSPS) is 18.2. The van der Waals surface area contributed by atoms with Gasteiger partial charge in [0, 0.05) is 18.9 Å². The first kappa shape index (κ1) is 14.4. The number of rotatable bonds is 6. The third-order valence-electron chi connectivity index (χ3n) is 3.49. The summed E-state index contributed by atoms with van der Waals surface area (Å²) in [5.41, 5.74) is 1.35. The second-order valence-electron chi connectivity index (χ2n) is 5.24. The molecule has 0 saturated carbocycles. The van der Waals surface area contributed by atoms with Crippen molar-refractivity contribution in [3.05, 3.63) is 29.8 Å². The van der Waals surface area contributed by atoms with Crippen molar-refractivity contribution in [3.8, 4) is 5.75 Å². The van der Waals surface area contributed by atoms with Crippen LogP contribution in [-0.2, 0) is 11.2 Å². The standard InChI is InChI=1S/C16H25NO2/c1-3-17-13(2)12-14-4-6-15(7-5-14)19-16-8-10-18-11-9-16/h4-7,13,16-17H,3,8-12H2,1-2H3. The topological polar surface area (TPSA) is 30.5 Å². The van der Waals surface area contributed by atoms with E-state index in [-0.39, 0.29) is 0 Å². The van der Waals surface area contributed by atoms with Gasteiger partial charge < -0.3 is 14.8 Å². The summed E-state index contributed by atoms with van der Waals surface area (Å²) < 4.78 is 11.3. The summed E-state index contributed by atoms with van der Waals surface area (Å²) in [4.78, 5) is 0. The lowest BCUT2D eigenvalue weighted by Gasteiger charge is -2.23. The second-order valence-corrected chi connectivity index (χ2v) is 5.24. The molecule has 1 heterocycles. The largest absolute Gasteiger partial charge is 0.490 e. The first-order valence-electron chi connectivity index (χ1n) is 7.34. The van der Waals surface area contributed by atoms with Crippen molar-refractivity contribution >= 4 is 0 Å². The predicted molar refractivity (Wildman–Crippen MR) is 77.8 cm³/mol. The van der Waals surface area contributed by atoms with Gasteiger partial charge in [0.15, 0.2) is 0 Å². The minimum atomic E-state index is 0.320. The number of benzene rings is 1. The monoisotopic (exact) mass is 263 g/mol. The lowest BCUT2D eigenvalue weighted by atomic mass is 10.1. The van der Waals surface area contributed by atoms with Gasteiger partial charge >= 0.3 is 0 Å². The highest BCUT2D eigenvalue weighted by Crippen LogP contribution is 2.19. The molecular weight excluding hydrogens is 238 g/mol. The van der Waals surface area contributed by atoms with Gasteiger partial charge in [0.1, 0.15) is 11.9 Å². The molecule has 3 nitrogen and oxygen atoms in total. The number of nitrogens with one attached hydrogen (secondary N) is 1. The average Bonchev–Trinajstić information content (AvgIpc) is 2.42. The summed E-state index contributed by atoms with van der Waals surface area (Å²) in [5.74, 6) is 0.978. The molecule has 0 aliphatic carbocycles. The molecule has 106 valence electrons. The quantitative estimate of drug-likeness (QED) is 0.856. The molecule has 0 amide bonds. The van der Waals surface area contributed by atoms with Gasteiger partial charge in [-0.25, -0.2) is 0 Å². The minimum absolute atomic E-state index is 0.320. The molecule has 0 radical (unpaired) electrons. The molecule has 19 heavy (non-hydrogen) atoms. The van der Waals surface area contributed by atoms with Crippen LogP contribution in [0.1, 0.15) is 32.3 Å². The Morgan fingerprint density at radius 3 is 2.58 bits per heavy atom. The van der Waals surface area contributed by atoms with E-state index in [0.29, 0.717) is 12.1 Å². The van der Waals surface area contributed by atoms with E-state index in [1.165, 1.54) is 5.56 Å². The molecule has 1 N–H and O–H groups in total. The SMILES string of the molecule is CCNC(C)Cc1ccc(OC2CCOCC2)cc1. The van der Waals surface area contributed by atoms with Crippen molar-refractivity contribution in [2.24, 2.45) is 0 Å². The number of hydrogen-bond donors (Lipinski definition) is 1. The van der Waals surface area contributed by atoms with Gasteiger partial charge in [0.25, 0.3) is 0 Å². The molecule has 1 fully saturated rings. The maximum atomic E-state index is 5.97. The Hall–Kier alpha value is -1.06. The highest BCUT2D eigenvalue weighted by molar-refractivity contribution is 5.28. The Morgan fingerprint density at radius 1 is 1.26 bits per heavy atom. The summed E-state index contributed by atoms with van der Waals surface area (Å²) in [6.07, 6.45) is 3.38. The van der Waals surface area contributed by atoms with Crippen LogP contribution in [0.15, 0.2) is 24.3 Å². The van der Waals surface area contributed by atoms with Gasteiger partial charge in [-0.15, -0.1) is 0 Å². The zero-order chi connectivity index (χ0) is 13.5. The van der Waals surface area contributed by atoms with Gasteiger partial charge in [-0.05, 0) is 37.6 Å². The highest BCUT2D eigenvalue weighted by atomic mass is 16.5. The van der Waals surface area contributed by atoms with E-state index in [2.05, 4.69) is 43.4 Å². The molecule has 0 spiro atoms. The van der Waals surface area contributed by atoms with Crippen LogP contribution in [0.4, 0.5) is 0 Å². The fraction of sp³-hybridized carbons (Fsp3) is 0.625. The van der Waals surface area contributed by atoms with Crippen molar-refractivity contribution in [2.45, 2.75) is 45.3 Å². The van der Waals surface area contributed by atoms with E-state index in [4.69, 9.17) is 9.47 Å². The van der Waals surface area contributed by atoms with Crippen LogP contribution in [0.2, 0.25) is 0 Å². The molecule has 1 unspecified atom stereocenters. The van der Waals surface area contributed by atoms with Crippen molar-refractivity contribution in [1.82, 2.24) is 5.32 Å². The highest BCUT2D eigenvalue weighted by Gasteiger charge is 2.15. The van der Waals surface area contributed by atoms with Crippen molar-refractivity contribution in [1.29, 1.82) is 0 Å². The van der Waals surface area contributed by atoms with Crippen LogP contribution >= 0.6 is 0 Å². The first-order chi connectivity index (χ1) is 9.28. The molecule has 1 atom stereocenters. The van der Waals surface area contributed by atoms with E-state index < -0.39 is 0 Å². The fourth-order valence-electron chi connectivity index (χ4n) is 2.46. The average molecular weight is 263 g/mol. The molecule has 1 saturated heterocycles. The minimum Gasteiger partial charge on any atom is -0.490 e. The summed E-state index contributed by atoms with van der Waals surface area (Å²) in [6.45, 7) is 7.02. The molecule has 1 aliphatic rings. The summed E-state index contributed by atoms with van der Waals surface area (Å²) in [6, 6.07) is 9.03. The molecule has 1 aromatic carbocycles. The Balaban J connectivity index is 1.83. The van der Waals surface area contributed by atoms with E-state index in [0.717, 1.165) is 44.8 Å². The Kier molecular flexibility index (Phi) is 5.67.